The Morgan fingerprint density at radius 3 is 1.36 bits per heavy atom. The van der Waals surface area contributed by atoms with Gasteiger partial charge < -0.3 is 8.85 Å². The first-order valence-corrected chi connectivity index (χ1v) is 15.7. The number of carbonyl (C=O) groups is 1. The molecular weight excluding hydrogens is 344 g/mol. The Bertz CT molecular complexity index is 480. The first-order chi connectivity index (χ1) is 11.0. The fraction of sp³-hybridized carbons (Fsp3) is 0.950. The summed E-state index contributed by atoms with van der Waals surface area (Å²) in [4.78, 5) is 12.5. The van der Waals surface area contributed by atoms with Gasteiger partial charge in [0.15, 0.2) is 16.6 Å². The quantitative estimate of drug-likeness (QED) is 0.565. The molecule has 25 heavy (non-hydrogen) atoms. The summed E-state index contributed by atoms with van der Waals surface area (Å²) in [7, 11) is -3.78. The van der Waals surface area contributed by atoms with Crippen LogP contribution in [0.25, 0.3) is 0 Å². The van der Waals surface area contributed by atoms with Crippen molar-refractivity contribution >= 4 is 22.4 Å². The third kappa shape index (κ3) is 4.14. The van der Waals surface area contributed by atoms with Crippen molar-refractivity contribution in [2.75, 3.05) is 0 Å². The second-order valence-corrected chi connectivity index (χ2v) is 20.9. The highest BCUT2D eigenvalue weighted by Crippen LogP contribution is 2.60. The van der Waals surface area contributed by atoms with E-state index >= 15 is 0 Å². The zero-order valence-electron chi connectivity index (χ0n) is 18.2. The summed E-state index contributed by atoms with van der Waals surface area (Å²) >= 11 is 0. The molecule has 0 amide bonds. The van der Waals surface area contributed by atoms with Gasteiger partial charge in [0, 0.05) is 18.3 Å². The van der Waals surface area contributed by atoms with Crippen LogP contribution in [0.1, 0.15) is 67.2 Å². The Balaban J connectivity index is 2.24. The van der Waals surface area contributed by atoms with E-state index in [1.165, 1.54) is 0 Å². The van der Waals surface area contributed by atoms with Gasteiger partial charge in [-0.3, -0.25) is 4.79 Å². The highest BCUT2D eigenvalue weighted by molar-refractivity contribution is 6.74. The molecule has 0 aromatic heterocycles. The summed E-state index contributed by atoms with van der Waals surface area (Å²) < 4.78 is 13.6. The average Bonchev–Trinajstić information content (AvgIpc) is 3.13. The molecule has 0 saturated heterocycles. The average molecular weight is 385 g/mol. The highest BCUT2D eigenvalue weighted by Gasteiger charge is 2.62. The Morgan fingerprint density at radius 1 is 0.800 bits per heavy atom. The van der Waals surface area contributed by atoms with E-state index in [2.05, 4.69) is 67.7 Å². The summed E-state index contributed by atoms with van der Waals surface area (Å²) in [6.45, 7) is 22.8. The van der Waals surface area contributed by atoms with Crippen molar-refractivity contribution < 1.29 is 13.6 Å². The Morgan fingerprint density at radius 2 is 1.12 bits per heavy atom. The topological polar surface area (TPSA) is 35.5 Å². The number of carbonyl (C=O) groups excluding carboxylic acids is 1. The van der Waals surface area contributed by atoms with Crippen LogP contribution in [0.4, 0.5) is 0 Å². The molecule has 0 unspecified atom stereocenters. The fourth-order valence-corrected chi connectivity index (χ4v) is 6.05. The molecule has 146 valence electrons. The van der Waals surface area contributed by atoms with Crippen LogP contribution in [0, 0.1) is 5.41 Å². The minimum absolute atomic E-state index is 0.0596. The zero-order valence-corrected chi connectivity index (χ0v) is 20.2. The molecule has 3 nitrogen and oxygen atoms in total. The molecule has 0 aromatic rings. The molecular formula is C20H40O3Si2. The van der Waals surface area contributed by atoms with E-state index in [1.807, 2.05) is 0 Å². The zero-order chi connectivity index (χ0) is 19.5. The van der Waals surface area contributed by atoms with E-state index in [-0.39, 0.29) is 27.7 Å². The van der Waals surface area contributed by atoms with Gasteiger partial charge in [-0.05, 0) is 49.1 Å². The largest absolute Gasteiger partial charge is 0.413 e. The molecule has 2 rings (SSSR count). The van der Waals surface area contributed by atoms with Crippen LogP contribution in [-0.2, 0) is 13.6 Å². The van der Waals surface area contributed by atoms with E-state index in [1.54, 1.807) is 0 Å². The first kappa shape index (κ1) is 21.3. The van der Waals surface area contributed by atoms with E-state index in [4.69, 9.17) is 8.85 Å². The molecule has 0 bridgehead atoms. The molecule has 2 saturated carbocycles. The molecule has 0 N–H and O–H groups in total. The van der Waals surface area contributed by atoms with Crippen molar-refractivity contribution in [2.24, 2.45) is 5.41 Å². The lowest BCUT2D eigenvalue weighted by molar-refractivity contribution is -0.131. The summed E-state index contributed by atoms with van der Waals surface area (Å²) in [5, 5.41) is 0.332. The number of rotatable bonds is 4. The molecule has 0 aromatic carbocycles. The van der Waals surface area contributed by atoms with Crippen molar-refractivity contribution in [3.63, 3.8) is 0 Å². The summed E-state index contributed by atoms with van der Waals surface area (Å²) in [6, 6.07) is 0. The van der Waals surface area contributed by atoms with Gasteiger partial charge in [-0.25, -0.2) is 0 Å². The maximum atomic E-state index is 12.5. The van der Waals surface area contributed by atoms with Crippen LogP contribution >= 0.6 is 0 Å². The predicted octanol–water partition coefficient (Wildman–Crippen LogP) is 5.91. The first-order valence-electron chi connectivity index (χ1n) is 9.89. The van der Waals surface area contributed by atoms with Gasteiger partial charge in [0.25, 0.3) is 0 Å². The van der Waals surface area contributed by atoms with Crippen molar-refractivity contribution in [3.05, 3.63) is 0 Å². The van der Waals surface area contributed by atoms with Gasteiger partial charge >= 0.3 is 0 Å². The Kier molecular flexibility index (Phi) is 5.36. The van der Waals surface area contributed by atoms with Gasteiger partial charge in [-0.2, -0.15) is 0 Å². The van der Waals surface area contributed by atoms with Crippen LogP contribution in [0.2, 0.25) is 36.3 Å². The molecule has 2 aliphatic carbocycles. The minimum Gasteiger partial charge on any atom is -0.413 e. The number of Topliss-reactive ketones (excluding diaryl/α,β-unsaturated/α-hetero) is 1. The molecule has 2 aliphatic rings. The van der Waals surface area contributed by atoms with Gasteiger partial charge in [0.05, 0.1) is 12.2 Å². The summed E-state index contributed by atoms with van der Waals surface area (Å²) in [5.74, 6) is 0.324. The third-order valence-electron chi connectivity index (χ3n) is 7.42. The smallest absolute Gasteiger partial charge is 0.192 e. The van der Waals surface area contributed by atoms with Crippen LogP contribution in [-0.4, -0.2) is 34.6 Å². The lowest BCUT2D eigenvalue weighted by atomic mass is 9.80. The van der Waals surface area contributed by atoms with Crippen molar-refractivity contribution in [1.82, 2.24) is 0 Å². The second kappa shape index (κ2) is 6.28. The van der Waals surface area contributed by atoms with E-state index in [0.717, 1.165) is 12.8 Å². The van der Waals surface area contributed by atoms with Crippen LogP contribution in [0.15, 0.2) is 0 Å². The van der Waals surface area contributed by atoms with E-state index < -0.39 is 16.6 Å². The summed E-state index contributed by atoms with van der Waals surface area (Å²) in [5.41, 5.74) is 0.0962. The van der Waals surface area contributed by atoms with Crippen molar-refractivity contribution in [3.8, 4) is 0 Å². The SMILES string of the molecule is CC(C)(C)[Si](C)(C)O[C@@H]1CC(=O)C[C@@H](O[Si](C)(C)C(C)(C)C)C12CC2. The van der Waals surface area contributed by atoms with E-state index in [9.17, 15) is 4.79 Å². The molecule has 2 fully saturated rings. The Hall–Kier alpha value is 0.0238. The maximum Gasteiger partial charge on any atom is 0.192 e. The predicted molar refractivity (Wildman–Crippen MR) is 110 cm³/mol. The van der Waals surface area contributed by atoms with Gasteiger partial charge in [-0.15, -0.1) is 0 Å². The number of hydrogen-bond donors (Lipinski definition) is 0. The van der Waals surface area contributed by atoms with Gasteiger partial charge in [0.1, 0.15) is 5.78 Å². The molecule has 2 atom stereocenters. The lowest BCUT2D eigenvalue weighted by Gasteiger charge is -2.48. The van der Waals surface area contributed by atoms with Crippen molar-refractivity contribution in [1.29, 1.82) is 0 Å². The Labute approximate surface area is 157 Å². The standard InChI is InChI=1S/C20H40O3Si2/c1-18(2,3)24(7,8)22-16-13-15(21)14-17(20(16)11-12-20)23-25(9,10)19(4,5)6/h16-17H,11-14H2,1-10H3/t16-,17-/m1/s1. The normalized spacial score (nSPS) is 27.7. The van der Waals surface area contributed by atoms with Gasteiger partial charge in [0.2, 0.25) is 0 Å². The van der Waals surface area contributed by atoms with Crippen LogP contribution < -0.4 is 0 Å². The third-order valence-corrected chi connectivity index (χ3v) is 16.4. The van der Waals surface area contributed by atoms with Crippen molar-refractivity contribution in [2.45, 2.75) is 116 Å². The minimum atomic E-state index is -1.89. The second-order valence-electron chi connectivity index (χ2n) is 11.4. The fourth-order valence-electron chi connectivity index (χ4n) is 3.28. The summed E-state index contributed by atoms with van der Waals surface area (Å²) in [6.07, 6.45) is 3.60. The molecule has 5 heteroatoms. The van der Waals surface area contributed by atoms with Crippen LogP contribution in [0.5, 0.6) is 0 Å². The highest BCUT2D eigenvalue weighted by atomic mass is 28.4. The van der Waals surface area contributed by atoms with Gasteiger partial charge in [-0.1, -0.05) is 41.5 Å². The molecule has 1 spiro atoms. The molecule has 0 aliphatic heterocycles. The van der Waals surface area contributed by atoms with Crippen LogP contribution in [0.3, 0.4) is 0 Å². The maximum absolute atomic E-state index is 12.5. The molecule has 0 heterocycles. The van der Waals surface area contributed by atoms with E-state index in [0.29, 0.717) is 18.6 Å². The monoisotopic (exact) mass is 384 g/mol. The lowest BCUT2D eigenvalue weighted by Crippen LogP contribution is -2.55. The number of hydrogen-bond acceptors (Lipinski definition) is 3. The molecule has 0 radical (unpaired) electrons. The number of ketones is 1.